The minimum atomic E-state index is -3.32. The molecule has 0 N–H and O–H groups in total. The Bertz CT molecular complexity index is 1630. The van der Waals surface area contributed by atoms with Gasteiger partial charge >= 0.3 is 0 Å². The fourth-order valence-corrected chi connectivity index (χ4v) is 4.59. The van der Waals surface area contributed by atoms with Crippen LogP contribution >= 0.6 is 11.6 Å². The maximum atomic E-state index is 14.6. The van der Waals surface area contributed by atoms with Crippen molar-refractivity contribution in [3.05, 3.63) is 77.8 Å². The number of fused-ring (bicyclic) bond motifs is 3. The van der Waals surface area contributed by atoms with Gasteiger partial charge in [0, 0.05) is 24.4 Å². The Labute approximate surface area is 194 Å². The van der Waals surface area contributed by atoms with Crippen LogP contribution in [0.1, 0.15) is 0 Å². The molecule has 0 radical (unpaired) electrons. The second kappa shape index (κ2) is 7.79. The number of rotatable bonds is 4. The van der Waals surface area contributed by atoms with E-state index in [2.05, 4.69) is 15.2 Å². The molecule has 5 aromatic rings. The molecule has 0 amide bonds. The Morgan fingerprint density at radius 2 is 1.70 bits per heavy atom. The highest BCUT2D eigenvalue weighted by atomic mass is 35.5. The quantitative estimate of drug-likeness (QED) is 0.363. The summed E-state index contributed by atoms with van der Waals surface area (Å²) in [5, 5.41) is 8.93. The molecule has 2 aromatic heterocycles. The van der Waals surface area contributed by atoms with Crippen molar-refractivity contribution in [1.82, 2.24) is 19.6 Å². The summed E-state index contributed by atoms with van der Waals surface area (Å²) in [7, 11) is -1.53. The molecular weight excluding hydrogens is 465 g/mol. The average molecular weight is 482 g/mol. The molecule has 10 heteroatoms. The summed E-state index contributed by atoms with van der Waals surface area (Å²) in [5.41, 5.74) is 2.62. The lowest BCUT2D eigenvalue weighted by molar-refractivity contribution is 0.602. The van der Waals surface area contributed by atoms with E-state index in [9.17, 15) is 12.8 Å². The lowest BCUT2D eigenvalue weighted by Gasteiger charge is -2.21. The van der Waals surface area contributed by atoms with Crippen LogP contribution in [0.2, 0.25) is 5.28 Å². The molecule has 2 heterocycles. The van der Waals surface area contributed by atoms with E-state index in [0.717, 1.165) is 17.2 Å². The van der Waals surface area contributed by atoms with Gasteiger partial charge in [-0.1, -0.05) is 24.3 Å². The Morgan fingerprint density at radius 3 is 2.42 bits per heavy atom. The number of halogens is 2. The van der Waals surface area contributed by atoms with Crippen molar-refractivity contribution in [2.24, 2.45) is 0 Å². The highest BCUT2D eigenvalue weighted by Crippen LogP contribution is 2.34. The van der Waals surface area contributed by atoms with Gasteiger partial charge in [-0.2, -0.15) is 4.98 Å². The number of para-hydroxylation sites is 1. The molecule has 0 bridgehead atoms. The van der Waals surface area contributed by atoms with Crippen LogP contribution in [0.25, 0.3) is 27.8 Å². The Morgan fingerprint density at radius 1 is 0.970 bits per heavy atom. The van der Waals surface area contributed by atoms with Crippen molar-refractivity contribution in [2.75, 3.05) is 18.2 Å². The van der Waals surface area contributed by atoms with Gasteiger partial charge in [0.05, 0.1) is 10.4 Å². The molecule has 0 saturated carbocycles. The van der Waals surface area contributed by atoms with Gasteiger partial charge in [0.1, 0.15) is 11.6 Å². The van der Waals surface area contributed by atoms with Crippen LogP contribution in [0.4, 0.5) is 15.9 Å². The van der Waals surface area contributed by atoms with Crippen LogP contribution < -0.4 is 4.90 Å². The largest absolute Gasteiger partial charge is 0.329 e. The number of hydrogen-bond donors (Lipinski definition) is 0. The van der Waals surface area contributed by atoms with Crippen LogP contribution in [0.3, 0.4) is 0 Å². The first-order chi connectivity index (χ1) is 15.7. The topological polar surface area (TPSA) is 80.5 Å². The van der Waals surface area contributed by atoms with E-state index >= 15 is 0 Å². The molecule has 0 aliphatic carbocycles. The molecule has 3 aromatic carbocycles. The summed E-state index contributed by atoms with van der Waals surface area (Å²) in [6, 6.07) is 18.5. The number of aromatic nitrogens is 4. The van der Waals surface area contributed by atoms with Gasteiger partial charge in [0.25, 0.3) is 5.78 Å². The Kier molecular flexibility index (Phi) is 5.02. The van der Waals surface area contributed by atoms with Crippen LogP contribution in [0.5, 0.6) is 0 Å². The van der Waals surface area contributed by atoms with Gasteiger partial charge in [-0.05, 0) is 65.2 Å². The zero-order valence-electron chi connectivity index (χ0n) is 17.6. The van der Waals surface area contributed by atoms with Crippen molar-refractivity contribution in [3.8, 4) is 11.1 Å². The molecule has 0 aliphatic heterocycles. The lowest BCUT2D eigenvalue weighted by atomic mass is 10.0. The van der Waals surface area contributed by atoms with Crippen LogP contribution in [0, 0.1) is 5.82 Å². The molecule has 0 spiro atoms. The predicted octanol–water partition coefficient (Wildman–Crippen LogP) is 4.91. The summed E-state index contributed by atoms with van der Waals surface area (Å²) in [6.45, 7) is 0. The van der Waals surface area contributed by atoms with Crippen molar-refractivity contribution in [2.45, 2.75) is 4.90 Å². The first-order valence-electron chi connectivity index (χ1n) is 9.86. The Balaban J connectivity index is 1.63. The third-order valence-electron chi connectivity index (χ3n) is 5.40. The zero-order chi connectivity index (χ0) is 23.3. The lowest BCUT2D eigenvalue weighted by Crippen LogP contribution is -2.13. The van der Waals surface area contributed by atoms with E-state index in [1.165, 1.54) is 24.3 Å². The molecular formula is C23H17ClFN5O2S. The minimum absolute atomic E-state index is 0.202. The maximum Gasteiger partial charge on any atom is 0.258 e. The SMILES string of the molecule is CN(c1cc(F)cc(-c2ccc(S(C)(=O)=O)cc2)c1)c1nc2nnc(Cl)n2c2ccccc12. The molecule has 7 nitrogen and oxygen atoms in total. The van der Waals surface area contributed by atoms with Crippen molar-refractivity contribution >= 4 is 49.6 Å². The number of anilines is 2. The van der Waals surface area contributed by atoms with E-state index < -0.39 is 15.7 Å². The first kappa shape index (κ1) is 21.3. The summed E-state index contributed by atoms with van der Waals surface area (Å²) in [6.07, 6.45) is 1.15. The van der Waals surface area contributed by atoms with E-state index in [-0.39, 0.29) is 10.2 Å². The van der Waals surface area contributed by atoms with Crippen LogP contribution in [-0.2, 0) is 9.84 Å². The number of hydrogen-bond acceptors (Lipinski definition) is 6. The molecule has 0 saturated heterocycles. The fourth-order valence-electron chi connectivity index (χ4n) is 3.76. The Hall–Kier alpha value is -3.56. The number of benzene rings is 3. The summed E-state index contributed by atoms with van der Waals surface area (Å²) in [5.74, 6) is 0.456. The van der Waals surface area contributed by atoms with E-state index in [0.29, 0.717) is 28.4 Å². The van der Waals surface area contributed by atoms with Crippen molar-refractivity contribution in [3.63, 3.8) is 0 Å². The fraction of sp³-hybridized carbons (Fsp3) is 0.0870. The molecule has 0 atom stereocenters. The van der Waals surface area contributed by atoms with E-state index in [1.54, 1.807) is 28.5 Å². The van der Waals surface area contributed by atoms with Gasteiger partial charge in [-0.3, -0.25) is 0 Å². The average Bonchev–Trinajstić information content (AvgIpc) is 3.18. The third kappa shape index (κ3) is 3.79. The monoisotopic (exact) mass is 481 g/mol. The molecule has 166 valence electrons. The molecule has 0 unspecified atom stereocenters. The van der Waals surface area contributed by atoms with Gasteiger partial charge in [0.2, 0.25) is 5.28 Å². The minimum Gasteiger partial charge on any atom is -0.329 e. The number of sulfone groups is 1. The highest BCUT2D eigenvalue weighted by Gasteiger charge is 2.17. The summed E-state index contributed by atoms with van der Waals surface area (Å²) in [4.78, 5) is 6.58. The summed E-state index contributed by atoms with van der Waals surface area (Å²) < 4.78 is 39.8. The smallest absolute Gasteiger partial charge is 0.258 e. The second-order valence-electron chi connectivity index (χ2n) is 7.61. The van der Waals surface area contributed by atoms with Crippen molar-refractivity contribution < 1.29 is 12.8 Å². The summed E-state index contributed by atoms with van der Waals surface area (Å²) >= 11 is 6.20. The molecule has 0 aliphatic rings. The van der Waals surface area contributed by atoms with Crippen LogP contribution in [-0.4, -0.2) is 41.3 Å². The maximum absolute atomic E-state index is 14.6. The standard InChI is InChI=1S/C23H17ClFN5O2S/c1-29(21-19-5-3-4-6-20(19)30-22(24)27-28-23(30)26-21)17-12-15(11-16(25)13-17)14-7-9-18(10-8-14)33(2,31)32/h3-13H,1-2H3. The van der Waals surface area contributed by atoms with Crippen molar-refractivity contribution in [1.29, 1.82) is 0 Å². The number of nitrogens with zero attached hydrogens (tertiary/aromatic N) is 5. The van der Waals surface area contributed by atoms with Gasteiger partial charge < -0.3 is 4.90 Å². The van der Waals surface area contributed by atoms with E-state index in [4.69, 9.17) is 11.6 Å². The molecule has 33 heavy (non-hydrogen) atoms. The van der Waals surface area contributed by atoms with Gasteiger partial charge in [-0.25, -0.2) is 17.2 Å². The second-order valence-corrected chi connectivity index (χ2v) is 9.96. The normalized spacial score (nSPS) is 11.9. The first-order valence-corrected chi connectivity index (χ1v) is 12.1. The van der Waals surface area contributed by atoms with Crippen LogP contribution in [0.15, 0.2) is 71.6 Å². The zero-order valence-corrected chi connectivity index (χ0v) is 19.1. The predicted molar refractivity (Wildman–Crippen MR) is 126 cm³/mol. The van der Waals surface area contributed by atoms with Gasteiger partial charge in [-0.15, -0.1) is 10.2 Å². The van der Waals surface area contributed by atoms with E-state index in [1.807, 2.05) is 30.3 Å². The third-order valence-corrected chi connectivity index (χ3v) is 6.77. The highest BCUT2D eigenvalue weighted by molar-refractivity contribution is 7.90. The van der Waals surface area contributed by atoms with Gasteiger partial charge in [0.15, 0.2) is 9.84 Å². The molecule has 0 fully saturated rings. The molecule has 5 rings (SSSR count).